The van der Waals surface area contributed by atoms with E-state index in [2.05, 4.69) is 15.6 Å². The largest absolute Gasteiger partial charge is 0.346 e. The van der Waals surface area contributed by atoms with E-state index in [1.54, 1.807) is 6.07 Å². The molecule has 0 radical (unpaired) electrons. The number of amides is 2. The molecule has 6 nitrogen and oxygen atoms in total. The first kappa shape index (κ1) is 12.4. The summed E-state index contributed by atoms with van der Waals surface area (Å²) in [7, 11) is 0. The Kier molecular flexibility index (Phi) is 4.68. The zero-order valence-electron chi connectivity index (χ0n) is 8.37. The lowest BCUT2D eigenvalue weighted by Gasteiger charge is -2.05. The van der Waals surface area contributed by atoms with Crippen molar-refractivity contribution in [3.8, 4) is 0 Å². The lowest BCUT2D eigenvalue weighted by Crippen LogP contribution is -2.36. The molecule has 0 fully saturated rings. The highest BCUT2D eigenvalue weighted by molar-refractivity contribution is 6.29. The molecule has 0 saturated carbocycles. The van der Waals surface area contributed by atoms with E-state index in [-0.39, 0.29) is 30.1 Å². The third-order valence-electron chi connectivity index (χ3n) is 1.64. The molecule has 0 bridgehead atoms. The van der Waals surface area contributed by atoms with Gasteiger partial charge in [0, 0.05) is 11.9 Å². The molecule has 0 unspecified atom stereocenters. The van der Waals surface area contributed by atoms with Crippen LogP contribution in [0, 0.1) is 0 Å². The Hall–Kier alpha value is -1.66. The molecular weight excluding hydrogens is 232 g/mol. The van der Waals surface area contributed by atoms with E-state index in [0.717, 1.165) is 0 Å². The van der Waals surface area contributed by atoms with Crippen LogP contribution < -0.4 is 16.4 Å². The molecule has 0 saturated heterocycles. The Morgan fingerprint density at radius 1 is 1.44 bits per heavy atom. The van der Waals surface area contributed by atoms with E-state index in [1.807, 2.05) is 0 Å². The van der Waals surface area contributed by atoms with Crippen LogP contribution in [-0.4, -0.2) is 29.9 Å². The normalized spacial score (nSPS) is 9.62. The van der Waals surface area contributed by atoms with E-state index >= 15 is 0 Å². The second kappa shape index (κ2) is 6.04. The molecule has 0 atom stereocenters. The summed E-state index contributed by atoms with van der Waals surface area (Å²) in [6.07, 6.45) is 1.47. The summed E-state index contributed by atoms with van der Waals surface area (Å²) < 4.78 is 0. The first-order valence-corrected chi connectivity index (χ1v) is 4.88. The number of hydrogen-bond donors (Lipinski definition) is 3. The maximum absolute atomic E-state index is 11.3. The first-order valence-electron chi connectivity index (χ1n) is 4.50. The predicted octanol–water partition coefficient (Wildman–Crippen LogP) is -0.252. The third kappa shape index (κ3) is 4.24. The van der Waals surface area contributed by atoms with Gasteiger partial charge >= 0.3 is 0 Å². The number of nitrogens with one attached hydrogen (secondary N) is 2. The van der Waals surface area contributed by atoms with Gasteiger partial charge in [0.25, 0.3) is 0 Å². The average molecular weight is 243 g/mol. The van der Waals surface area contributed by atoms with E-state index in [1.165, 1.54) is 12.3 Å². The number of halogens is 1. The van der Waals surface area contributed by atoms with Gasteiger partial charge < -0.3 is 16.4 Å². The fraction of sp³-hybridized carbons (Fsp3) is 0.222. The molecule has 16 heavy (non-hydrogen) atoms. The first-order chi connectivity index (χ1) is 7.61. The quantitative estimate of drug-likeness (QED) is 0.634. The molecule has 0 aliphatic heterocycles. The van der Waals surface area contributed by atoms with E-state index < -0.39 is 0 Å². The number of carbonyl (C=O) groups is 2. The Labute approximate surface area is 97.2 Å². The highest BCUT2D eigenvalue weighted by atomic mass is 35.5. The number of nitrogens with two attached hydrogens (primary N) is 1. The number of hydrogen-bond acceptors (Lipinski definition) is 4. The van der Waals surface area contributed by atoms with Crippen LogP contribution in [-0.2, 0) is 9.59 Å². The van der Waals surface area contributed by atoms with Gasteiger partial charge in [0.05, 0.1) is 13.1 Å². The Morgan fingerprint density at radius 3 is 2.81 bits per heavy atom. The fourth-order valence-electron chi connectivity index (χ4n) is 0.936. The Bertz CT molecular complexity index is 397. The fourth-order valence-corrected chi connectivity index (χ4v) is 1.11. The van der Waals surface area contributed by atoms with Crippen molar-refractivity contribution in [1.82, 2.24) is 10.3 Å². The molecule has 1 aromatic heterocycles. The highest BCUT2D eigenvalue weighted by Gasteiger charge is 2.04. The number of aromatic nitrogens is 1. The van der Waals surface area contributed by atoms with Crippen molar-refractivity contribution in [3.05, 3.63) is 23.5 Å². The van der Waals surface area contributed by atoms with Crippen molar-refractivity contribution in [3.63, 3.8) is 0 Å². The van der Waals surface area contributed by atoms with Crippen molar-refractivity contribution in [2.45, 2.75) is 0 Å². The number of pyridine rings is 1. The maximum Gasteiger partial charge on any atom is 0.243 e. The Balaban J connectivity index is 2.43. The van der Waals surface area contributed by atoms with E-state index in [4.69, 9.17) is 17.3 Å². The number of carbonyl (C=O) groups excluding carboxylic acids is 2. The van der Waals surface area contributed by atoms with Crippen LogP contribution in [0.3, 0.4) is 0 Å². The van der Waals surface area contributed by atoms with Crippen molar-refractivity contribution in [2.75, 3.05) is 18.4 Å². The number of nitrogens with zero attached hydrogens (tertiary/aromatic N) is 1. The lowest BCUT2D eigenvalue weighted by molar-refractivity contribution is -0.123. The zero-order valence-corrected chi connectivity index (χ0v) is 9.12. The average Bonchev–Trinajstić information content (AvgIpc) is 2.26. The van der Waals surface area contributed by atoms with E-state index in [0.29, 0.717) is 5.69 Å². The van der Waals surface area contributed by atoms with Crippen molar-refractivity contribution in [2.24, 2.45) is 5.73 Å². The molecule has 86 valence electrons. The minimum absolute atomic E-state index is 0.129. The van der Waals surface area contributed by atoms with Crippen molar-refractivity contribution < 1.29 is 9.59 Å². The van der Waals surface area contributed by atoms with Crippen LogP contribution in [0.2, 0.25) is 5.15 Å². The van der Waals surface area contributed by atoms with Crippen LogP contribution in [0.1, 0.15) is 0 Å². The van der Waals surface area contributed by atoms with Crippen LogP contribution in [0.25, 0.3) is 0 Å². The highest BCUT2D eigenvalue weighted by Crippen LogP contribution is 2.11. The predicted molar refractivity (Wildman–Crippen MR) is 59.9 cm³/mol. The summed E-state index contributed by atoms with van der Waals surface area (Å²) in [6, 6.07) is 3.10. The second-order valence-electron chi connectivity index (χ2n) is 2.90. The van der Waals surface area contributed by atoms with Gasteiger partial charge in [-0.15, -0.1) is 0 Å². The third-order valence-corrected chi connectivity index (χ3v) is 1.85. The van der Waals surface area contributed by atoms with Gasteiger partial charge in [-0.25, -0.2) is 4.98 Å². The summed E-state index contributed by atoms with van der Waals surface area (Å²) >= 11 is 5.63. The summed E-state index contributed by atoms with van der Waals surface area (Å²) in [5, 5.41) is 5.17. The van der Waals surface area contributed by atoms with Crippen molar-refractivity contribution in [1.29, 1.82) is 0 Å². The summed E-state index contributed by atoms with van der Waals surface area (Å²) in [6.45, 7) is -0.273. The molecular formula is C9H11ClN4O2. The zero-order chi connectivity index (χ0) is 12.0. The van der Waals surface area contributed by atoms with Crippen molar-refractivity contribution >= 4 is 29.1 Å². The van der Waals surface area contributed by atoms with Gasteiger partial charge in [0.2, 0.25) is 11.8 Å². The molecule has 0 spiro atoms. The maximum atomic E-state index is 11.3. The Morgan fingerprint density at radius 2 is 2.19 bits per heavy atom. The second-order valence-corrected chi connectivity index (χ2v) is 3.28. The molecule has 0 aliphatic rings. The van der Waals surface area contributed by atoms with Gasteiger partial charge in [-0.05, 0) is 12.1 Å². The van der Waals surface area contributed by atoms with Gasteiger partial charge in [-0.3, -0.25) is 9.59 Å². The summed E-state index contributed by atoms with van der Waals surface area (Å²) in [5.74, 6) is -0.744. The molecule has 2 amide bonds. The molecule has 1 heterocycles. The minimum atomic E-state index is -0.386. The van der Waals surface area contributed by atoms with Gasteiger partial charge in [-0.1, -0.05) is 11.6 Å². The minimum Gasteiger partial charge on any atom is -0.346 e. The standard InChI is InChI=1S/C9H11ClN4O2/c10-7-3-6(1-2-12-7)14-9(16)5-13-8(15)4-11/h1-3H,4-5,11H2,(H,13,15)(H,12,14,16). The SMILES string of the molecule is NCC(=O)NCC(=O)Nc1ccnc(Cl)c1. The summed E-state index contributed by atoms with van der Waals surface area (Å²) in [5.41, 5.74) is 5.58. The molecule has 0 aromatic carbocycles. The van der Waals surface area contributed by atoms with Gasteiger partial charge in [-0.2, -0.15) is 0 Å². The van der Waals surface area contributed by atoms with Crippen LogP contribution >= 0.6 is 11.6 Å². The molecule has 1 rings (SSSR count). The molecule has 0 aliphatic carbocycles. The number of anilines is 1. The molecule has 1 aromatic rings. The number of rotatable bonds is 4. The van der Waals surface area contributed by atoms with Crippen LogP contribution in [0.5, 0.6) is 0 Å². The molecule has 4 N–H and O–H groups in total. The van der Waals surface area contributed by atoms with Gasteiger partial charge in [0.15, 0.2) is 0 Å². The van der Waals surface area contributed by atoms with E-state index in [9.17, 15) is 9.59 Å². The molecule has 7 heteroatoms. The van der Waals surface area contributed by atoms with Gasteiger partial charge in [0.1, 0.15) is 5.15 Å². The lowest BCUT2D eigenvalue weighted by atomic mass is 10.4. The smallest absolute Gasteiger partial charge is 0.243 e. The topological polar surface area (TPSA) is 97.1 Å². The summed E-state index contributed by atoms with van der Waals surface area (Å²) in [4.78, 5) is 25.9. The monoisotopic (exact) mass is 242 g/mol. The van der Waals surface area contributed by atoms with Crippen LogP contribution in [0.15, 0.2) is 18.3 Å². The van der Waals surface area contributed by atoms with Crippen LogP contribution in [0.4, 0.5) is 5.69 Å².